The molecule has 54 heavy (non-hydrogen) atoms. The van der Waals surface area contributed by atoms with Crippen LogP contribution in [0.25, 0.3) is 0 Å². The summed E-state index contributed by atoms with van der Waals surface area (Å²) in [5.74, 6) is -4.64. The summed E-state index contributed by atoms with van der Waals surface area (Å²) < 4.78 is 30.0. The highest BCUT2D eigenvalue weighted by Gasteiger charge is 2.36. The molecule has 3 rings (SSSR count). The molecule has 1 aliphatic carbocycles. The summed E-state index contributed by atoms with van der Waals surface area (Å²) in [5.41, 5.74) is 1.15. The molecule has 1 aliphatic rings. The fourth-order valence-corrected chi connectivity index (χ4v) is 5.60. The van der Waals surface area contributed by atoms with Crippen molar-refractivity contribution in [3.63, 3.8) is 0 Å². The Morgan fingerprint density at radius 1 is 0.556 bits per heavy atom. The number of ether oxygens (including phenoxy) is 6. The van der Waals surface area contributed by atoms with Crippen LogP contribution in [0.4, 0.5) is 9.59 Å². The Labute approximate surface area is 312 Å². The van der Waals surface area contributed by atoms with Gasteiger partial charge in [-0.05, 0) is 113 Å². The van der Waals surface area contributed by atoms with E-state index in [1.807, 2.05) is 0 Å². The van der Waals surface area contributed by atoms with Crippen molar-refractivity contribution in [3.05, 3.63) is 84.0 Å². The summed E-state index contributed by atoms with van der Waals surface area (Å²) in [6.07, 6.45) is 3.05. The maximum Gasteiger partial charge on any atom is 0.513 e. The Bertz CT molecular complexity index is 1620. The van der Waals surface area contributed by atoms with E-state index in [4.69, 9.17) is 28.4 Å². The van der Waals surface area contributed by atoms with E-state index in [2.05, 4.69) is 13.2 Å². The van der Waals surface area contributed by atoms with Gasteiger partial charge in [-0.3, -0.25) is 19.2 Å². The molecule has 14 nitrogen and oxygen atoms in total. The van der Waals surface area contributed by atoms with Crippen molar-refractivity contribution in [1.82, 2.24) is 0 Å². The molecule has 0 spiro atoms. The zero-order chi connectivity index (χ0) is 39.6. The minimum Gasteiger partial charge on any atom is -0.463 e. The number of rotatable bonds is 20. The van der Waals surface area contributed by atoms with Gasteiger partial charge in [-0.1, -0.05) is 13.2 Å². The average Bonchev–Trinajstić information content (AvgIpc) is 3.16. The summed E-state index contributed by atoms with van der Waals surface area (Å²) in [7, 11) is 0. The van der Waals surface area contributed by atoms with Crippen molar-refractivity contribution in [1.29, 1.82) is 0 Å². The number of carbonyl (C=O) groups excluding carboxylic acids is 8. The van der Waals surface area contributed by atoms with E-state index >= 15 is 0 Å². The van der Waals surface area contributed by atoms with E-state index in [0.29, 0.717) is 36.8 Å². The van der Waals surface area contributed by atoms with Gasteiger partial charge in [-0.2, -0.15) is 0 Å². The highest BCUT2D eigenvalue weighted by molar-refractivity contribution is 6.45. The number of carbonyl (C=O) groups is 8. The first-order valence-electron chi connectivity index (χ1n) is 17.5. The molecule has 2 aromatic carbocycles. The Balaban J connectivity index is 1.43. The molecule has 1 fully saturated rings. The average molecular weight is 749 g/mol. The van der Waals surface area contributed by atoms with Crippen LogP contribution in [0.2, 0.25) is 0 Å². The minimum atomic E-state index is -0.952. The van der Waals surface area contributed by atoms with Gasteiger partial charge in [0.2, 0.25) is 23.1 Å². The van der Waals surface area contributed by atoms with Gasteiger partial charge in [0.1, 0.15) is 11.5 Å². The highest BCUT2D eigenvalue weighted by Crippen LogP contribution is 2.32. The smallest absolute Gasteiger partial charge is 0.463 e. The maximum absolute atomic E-state index is 13.2. The molecule has 0 bridgehead atoms. The van der Waals surface area contributed by atoms with Crippen LogP contribution >= 0.6 is 0 Å². The van der Waals surface area contributed by atoms with Crippen LogP contribution < -0.4 is 9.47 Å². The Hall–Kier alpha value is -5.92. The van der Waals surface area contributed by atoms with E-state index in [-0.39, 0.29) is 74.7 Å². The predicted octanol–water partition coefficient (Wildman–Crippen LogP) is 6.36. The van der Waals surface area contributed by atoms with Crippen molar-refractivity contribution >= 4 is 47.4 Å². The number of hydrogen-bond acceptors (Lipinski definition) is 14. The number of ketones is 4. The molecule has 0 saturated heterocycles. The Morgan fingerprint density at radius 2 is 0.889 bits per heavy atom. The molecule has 0 aromatic heterocycles. The lowest BCUT2D eigenvalue weighted by atomic mass is 9.75. The fourth-order valence-electron chi connectivity index (χ4n) is 5.60. The lowest BCUT2D eigenvalue weighted by Gasteiger charge is -2.26. The summed E-state index contributed by atoms with van der Waals surface area (Å²) in [6, 6.07) is 8.45. The zero-order valence-electron chi connectivity index (χ0n) is 30.4. The quantitative estimate of drug-likeness (QED) is 0.0276. The molecule has 1 saturated carbocycles. The van der Waals surface area contributed by atoms with Gasteiger partial charge in [-0.15, -0.1) is 0 Å². The normalized spacial score (nSPS) is 14.8. The van der Waals surface area contributed by atoms with Gasteiger partial charge in [-0.25, -0.2) is 19.2 Å². The summed E-state index contributed by atoms with van der Waals surface area (Å²) in [5, 5.41) is 0. The SMILES string of the molecule is C=CC(=O)OCCCCOC(=O)Oc1ccc(C(=O)C(=O)[C@H]2CC[C@H](C(=O)C(=O)c3ccc(OC(=O)OCCCCOC(=O)C=C)cc3C)CC2)c(C)c1. The fraction of sp³-hybridized carbons (Fsp3) is 0.400. The Kier molecular flexibility index (Phi) is 17.0. The van der Waals surface area contributed by atoms with E-state index in [9.17, 15) is 38.4 Å². The highest BCUT2D eigenvalue weighted by atomic mass is 16.7. The first-order chi connectivity index (χ1) is 25.8. The van der Waals surface area contributed by atoms with Crippen LogP contribution in [0.3, 0.4) is 0 Å². The number of unbranched alkanes of at least 4 members (excludes halogenated alkanes) is 2. The van der Waals surface area contributed by atoms with Gasteiger partial charge in [0.15, 0.2) is 0 Å². The largest absolute Gasteiger partial charge is 0.513 e. The van der Waals surface area contributed by atoms with E-state index in [1.165, 1.54) is 36.4 Å². The molecule has 0 heterocycles. The number of benzene rings is 2. The number of hydrogen-bond donors (Lipinski definition) is 0. The first kappa shape index (κ1) is 42.5. The van der Waals surface area contributed by atoms with Crippen LogP contribution in [-0.2, 0) is 38.1 Å². The van der Waals surface area contributed by atoms with E-state index in [0.717, 1.165) is 12.2 Å². The maximum atomic E-state index is 13.2. The van der Waals surface area contributed by atoms with Gasteiger partial charge in [0, 0.05) is 35.1 Å². The molecule has 0 amide bonds. The summed E-state index contributed by atoms with van der Waals surface area (Å²) >= 11 is 0. The summed E-state index contributed by atoms with van der Waals surface area (Å²) in [4.78, 5) is 98.8. The lowest BCUT2D eigenvalue weighted by molar-refractivity contribution is -0.138. The number of Topliss-reactive ketones (excluding diaryl/α,β-unsaturated/α-hetero) is 4. The van der Waals surface area contributed by atoms with Crippen LogP contribution in [-0.4, -0.2) is 73.8 Å². The molecule has 0 atom stereocenters. The van der Waals surface area contributed by atoms with Crippen LogP contribution in [0.1, 0.15) is 83.2 Å². The van der Waals surface area contributed by atoms with Crippen molar-refractivity contribution in [3.8, 4) is 11.5 Å². The molecular formula is C40H44O14. The second kappa shape index (κ2) is 21.6. The topological polar surface area (TPSA) is 192 Å². The van der Waals surface area contributed by atoms with Crippen LogP contribution in [0, 0.1) is 25.7 Å². The molecule has 0 aliphatic heterocycles. The van der Waals surface area contributed by atoms with Crippen molar-refractivity contribution < 1.29 is 66.8 Å². The van der Waals surface area contributed by atoms with Crippen molar-refractivity contribution in [2.45, 2.75) is 65.2 Å². The van der Waals surface area contributed by atoms with Gasteiger partial charge >= 0.3 is 24.2 Å². The predicted molar refractivity (Wildman–Crippen MR) is 191 cm³/mol. The second-order valence-corrected chi connectivity index (χ2v) is 12.4. The molecule has 0 unspecified atom stereocenters. The molecule has 0 N–H and O–H groups in total. The van der Waals surface area contributed by atoms with E-state index in [1.54, 1.807) is 13.8 Å². The third-order valence-corrected chi connectivity index (χ3v) is 8.54. The Morgan fingerprint density at radius 3 is 1.20 bits per heavy atom. The van der Waals surface area contributed by atoms with Crippen molar-refractivity contribution in [2.24, 2.45) is 11.8 Å². The number of aryl methyl sites for hydroxylation is 2. The lowest BCUT2D eigenvalue weighted by Crippen LogP contribution is -2.33. The third-order valence-electron chi connectivity index (χ3n) is 8.54. The molecule has 14 heteroatoms. The first-order valence-corrected chi connectivity index (χ1v) is 17.5. The van der Waals surface area contributed by atoms with Gasteiger partial charge in [0.25, 0.3) is 0 Å². The van der Waals surface area contributed by atoms with Gasteiger partial charge in [0.05, 0.1) is 26.4 Å². The molecule has 2 aromatic rings. The minimum absolute atomic E-state index is 0.0427. The molecular weight excluding hydrogens is 704 g/mol. The standard InChI is InChI=1S/C40H44O14/c1-5-33(41)49-19-7-9-21-51-39(47)53-29-15-17-31(25(3)23-29)37(45)35(43)27-11-13-28(14-12-27)36(44)38(46)32-18-16-30(24-26(32)4)54-40(48)52-22-10-8-20-50-34(42)6-2/h5-6,15-18,23-24,27-28H,1-2,7-14,19-22H2,3-4H3/t27-,28-. The zero-order valence-corrected chi connectivity index (χ0v) is 30.4. The molecule has 0 radical (unpaired) electrons. The van der Waals surface area contributed by atoms with E-state index < -0.39 is 59.2 Å². The third kappa shape index (κ3) is 13.2. The monoisotopic (exact) mass is 748 g/mol. The van der Waals surface area contributed by atoms with Crippen LogP contribution in [0.5, 0.6) is 11.5 Å². The van der Waals surface area contributed by atoms with Gasteiger partial charge < -0.3 is 28.4 Å². The number of esters is 2. The second-order valence-electron chi connectivity index (χ2n) is 12.4. The molecule has 288 valence electrons. The summed E-state index contributed by atoms with van der Waals surface area (Å²) in [6.45, 7) is 10.2. The van der Waals surface area contributed by atoms with Crippen molar-refractivity contribution in [2.75, 3.05) is 26.4 Å². The van der Waals surface area contributed by atoms with Crippen LogP contribution in [0.15, 0.2) is 61.7 Å².